The Morgan fingerprint density at radius 2 is 1.20 bits per heavy atom. The largest absolute Gasteiger partial charge is 0.0808 e. The molecule has 0 amide bonds. The molecule has 180 valence electrons. The normalized spacial score (nSPS) is 37.7. The number of allylic oxidation sites excluding steroid dienone is 8. The third-order valence-corrected chi connectivity index (χ3v) is 15.7. The molecule has 0 radical (unpaired) electrons. The van der Waals surface area contributed by atoms with E-state index in [1.54, 1.807) is 11.1 Å². The van der Waals surface area contributed by atoms with Gasteiger partial charge < -0.3 is 0 Å². The molecule has 0 spiro atoms. The predicted molar refractivity (Wildman–Crippen MR) is 153 cm³/mol. The van der Waals surface area contributed by atoms with Gasteiger partial charge in [-0.05, 0) is 75.6 Å². The second-order valence-electron chi connectivity index (χ2n) is 12.3. The second kappa shape index (κ2) is 8.93. The van der Waals surface area contributed by atoms with Crippen LogP contribution >= 0.6 is 0 Å². The molecular weight excluding hydrogens is 436 g/mol. The Labute approximate surface area is 213 Å². The molecule has 35 heavy (non-hydrogen) atoms. The van der Waals surface area contributed by atoms with Crippen molar-refractivity contribution in [3.8, 4) is 0 Å². The topological polar surface area (TPSA) is 0 Å². The molecule has 0 saturated heterocycles. The number of fused-ring (bicyclic) bond motifs is 2. The lowest BCUT2D eigenvalue weighted by Gasteiger charge is -2.46. The molecule has 2 fully saturated rings. The van der Waals surface area contributed by atoms with E-state index < -0.39 is 8.07 Å². The van der Waals surface area contributed by atoms with Crippen molar-refractivity contribution in [3.63, 3.8) is 0 Å². The van der Waals surface area contributed by atoms with E-state index in [1.807, 2.05) is 0 Å². The summed E-state index contributed by atoms with van der Waals surface area (Å²) in [5.74, 6) is 4.90. The second-order valence-corrected chi connectivity index (χ2v) is 17.3. The summed E-state index contributed by atoms with van der Waals surface area (Å²) >= 11 is 0. The Morgan fingerprint density at radius 1 is 0.629 bits per heavy atom. The maximum absolute atomic E-state index is 2.77. The van der Waals surface area contributed by atoms with Crippen molar-refractivity contribution >= 4 is 13.6 Å². The molecule has 0 aromatic heterocycles. The van der Waals surface area contributed by atoms with Crippen molar-refractivity contribution < 1.29 is 0 Å². The van der Waals surface area contributed by atoms with Gasteiger partial charge in [0.25, 0.3) is 0 Å². The molecule has 1 heteroatoms. The van der Waals surface area contributed by atoms with Gasteiger partial charge in [-0.25, -0.2) is 0 Å². The van der Waals surface area contributed by atoms with Crippen LogP contribution in [0.15, 0.2) is 103 Å². The molecule has 0 N–H and O–H groups in total. The first-order chi connectivity index (χ1) is 17.0. The van der Waals surface area contributed by atoms with Crippen molar-refractivity contribution in [2.45, 2.75) is 50.4 Å². The van der Waals surface area contributed by atoms with Gasteiger partial charge in [-0.2, -0.15) is 0 Å². The Balaban J connectivity index is 1.42. The Kier molecular flexibility index (Phi) is 5.88. The summed E-state index contributed by atoms with van der Waals surface area (Å²) in [5, 5.41) is 0. The van der Waals surface area contributed by atoms with Crippen LogP contribution in [0.25, 0.3) is 5.57 Å². The highest BCUT2D eigenvalue weighted by molar-refractivity contribution is 6.80. The molecule has 0 aliphatic heterocycles. The Bertz CT molecular complexity index is 1140. The van der Waals surface area contributed by atoms with E-state index in [0.717, 1.165) is 34.8 Å². The highest BCUT2D eigenvalue weighted by Crippen LogP contribution is 2.66. The van der Waals surface area contributed by atoms with Crippen LogP contribution in [0.4, 0.5) is 0 Å². The van der Waals surface area contributed by atoms with Crippen molar-refractivity contribution in [3.05, 3.63) is 114 Å². The van der Waals surface area contributed by atoms with Crippen LogP contribution in [0, 0.1) is 35.5 Å². The Hall–Kier alpha value is -2.38. The van der Waals surface area contributed by atoms with Crippen molar-refractivity contribution in [1.29, 1.82) is 0 Å². The first kappa shape index (κ1) is 23.0. The van der Waals surface area contributed by atoms with Crippen LogP contribution in [-0.2, 0) is 0 Å². The van der Waals surface area contributed by atoms with Gasteiger partial charge in [0.2, 0.25) is 0 Å². The predicted octanol–water partition coefficient (Wildman–Crippen LogP) is 9.15. The van der Waals surface area contributed by atoms with Gasteiger partial charge in [0, 0.05) is 0 Å². The molecule has 2 saturated carbocycles. The number of hydrogen-bond donors (Lipinski definition) is 0. The van der Waals surface area contributed by atoms with Crippen LogP contribution in [0.1, 0.15) is 37.3 Å². The van der Waals surface area contributed by atoms with Crippen molar-refractivity contribution in [2.24, 2.45) is 35.5 Å². The molecule has 2 aromatic rings. The average Bonchev–Trinajstić information content (AvgIpc) is 3.41. The molecule has 4 aliphatic carbocycles. The van der Waals surface area contributed by atoms with E-state index in [4.69, 9.17) is 0 Å². The molecule has 0 bridgehead atoms. The summed E-state index contributed by atoms with van der Waals surface area (Å²) in [7, 11) is -1.68. The SMILES string of the molecule is CC1C2C=CC=CC2C(C)C1[Si](C)(C)C1C(c2ccccc2)CC2C(c3ccccc3)=CC=CC21. The summed E-state index contributed by atoms with van der Waals surface area (Å²) in [4.78, 5) is 0. The lowest BCUT2D eigenvalue weighted by molar-refractivity contribution is 0.427. The molecule has 8 atom stereocenters. The van der Waals surface area contributed by atoms with Crippen LogP contribution in [0.3, 0.4) is 0 Å². The molecule has 2 aromatic carbocycles. The number of hydrogen-bond acceptors (Lipinski definition) is 0. The van der Waals surface area contributed by atoms with E-state index in [2.05, 4.69) is 130 Å². The van der Waals surface area contributed by atoms with E-state index in [-0.39, 0.29) is 0 Å². The lowest BCUT2D eigenvalue weighted by atomic mass is 9.81. The zero-order valence-electron chi connectivity index (χ0n) is 21.7. The first-order valence-corrected chi connectivity index (χ1v) is 17.0. The molecule has 4 aliphatic rings. The minimum Gasteiger partial charge on any atom is -0.0808 e. The molecule has 8 unspecified atom stereocenters. The fraction of sp³-hybridized carbons (Fsp3) is 0.412. The summed E-state index contributed by atoms with van der Waals surface area (Å²) in [6, 6.07) is 22.7. The first-order valence-electron chi connectivity index (χ1n) is 13.8. The summed E-state index contributed by atoms with van der Waals surface area (Å²) in [6.07, 6.45) is 18.4. The van der Waals surface area contributed by atoms with Crippen LogP contribution in [-0.4, -0.2) is 8.07 Å². The van der Waals surface area contributed by atoms with Gasteiger partial charge >= 0.3 is 0 Å². The van der Waals surface area contributed by atoms with Crippen LogP contribution in [0.2, 0.25) is 24.2 Å². The zero-order chi connectivity index (χ0) is 24.2. The van der Waals surface area contributed by atoms with E-state index in [1.165, 1.54) is 12.0 Å². The lowest BCUT2D eigenvalue weighted by Crippen LogP contribution is -2.45. The maximum Gasteiger partial charge on any atom is 0.0553 e. The number of benzene rings is 2. The maximum atomic E-state index is 2.77. The van der Waals surface area contributed by atoms with E-state index in [9.17, 15) is 0 Å². The fourth-order valence-electron chi connectivity index (χ4n) is 9.32. The molecule has 0 heterocycles. The molecule has 6 rings (SSSR count). The number of rotatable bonds is 4. The van der Waals surface area contributed by atoms with Crippen molar-refractivity contribution in [1.82, 2.24) is 0 Å². The third-order valence-electron chi connectivity index (χ3n) is 10.5. The van der Waals surface area contributed by atoms with Gasteiger partial charge in [-0.3, -0.25) is 0 Å². The summed E-state index contributed by atoms with van der Waals surface area (Å²) in [6.45, 7) is 10.7. The van der Waals surface area contributed by atoms with Crippen LogP contribution in [0.5, 0.6) is 0 Å². The summed E-state index contributed by atoms with van der Waals surface area (Å²) < 4.78 is 0. The van der Waals surface area contributed by atoms with Crippen LogP contribution < -0.4 is 0 Å². The highest BCUT2D eigenvalue weighted by atomic mass is 28.3. The van der Waals surface area contributed by atoms with Gasteiger partial charge in [0.1, 0.15) is 0 Å². The minimum absolute atomic E-state index is 0.624. The van der Waals surface area contributed by atoms with E-state index in [0.29, 0.717) is 17.8 Å². The fourth-order valence-corrected chi connectivity index (χ4v) is 15.6. The summed E-state index contributed by atoms with van der Waals surface area (Å²) in [5.41, 5.74) is 6.17. The molecular formula is C34H40Si. The minimum atomic E-state index is -1.68. The van der Waals surface area contributed by atoms with E-state index >= 15 is 0 Å². The molecule has 0 nitrogen and oxygen atoms in total. The van der Waals surface area contributed by atoms with Gasteiger partial charge in [-0.15, -0.1) is 0 Å². The van der Waals surface area contributed by atoms with Crippen molar-refractivity contribution in [2.75, 3.05) is 0 Å². The Morgan fingerprint density at radius 3 is 1.83 bits per heavy atom. The average molecular weight is 477 g/mol. The smallest absolute Gasteiger partial charge is 0.0553 e. The van der Waals surface area contributed by atoms with Gasteiger partial charge in [-0.1, -0.05) is 130 Å². The highest BCUT2D eigenvalue weighted by Gasteiger charge is 2.59. The monoisotopic (exact) mass is 476 g/mol. The standard InChI is InChI=1S/C34H40Si/c1-23-27-18-11-12-19-28(27)24(2)33(23)35(3,4)34-30-21-13-20-29(25-14-7-5-8-15-25)32(30)22-31(34)26-16-9-6-10-17-26/h5-21,23-24,27-28,30-34H,22H2,1-4H3. The van der Waals surface area contributed by atoms with Gasteiger partial charge in [0.05, 0.1) is 8.07 Å². The third kappa shape index (κ3) is 3.70. The zero-order valence-corrected chi connectivity index (χ0v) is 22.7. The van der Waals surface area contributed by atoms with Gasteiger partial charge in [0.15, 0.2) is 0 Å². The quantitative estimate of drug-likeness (QED) is 0.386.